The van der Waals surface area contributed by atoms with Gasteiger partial charge in [-0.25, -0.2) is 9.37 Å². The Labute approximate surface area is 181 Å². The molecule has 170 valence electrons. The fourth-order valence-electron chi connectivity index (χ4n) is 4.21. The molecule has 0 aliphatic carbocycles. The molecular formula is C22H22F4N4O2. The summed E-state index contributed by atoms with van der Waals surface area (Å²) >= 11 is 0. The lowest BCUT2D eigenvalue weighted by Crippen LogP contribution is -2.34. The molecule has 1 amide bonds. The number of pyridine rings is 1. The van der Waals surface area contributed by atoms with Crippen LogP contribution in [0, 0.1) is 5.82 Å². The number of anilines is 1. The third-order valence-electron chi connectivity index (χ3n) is 5.90. The molecule has 2 aromatic heterocycles. The van der Waals surface area contributed by atoms with Crippen molar-refractivity contribution in [2.75, 3.05) is 12.3 Å². The summed E-state index contributed by atoms with van der Waals surface area (Å²) in [5.74, 6) is -1.12. The number of fused-ring (bicyclic) bond motifs is 3. The van der Waals surface area contributed by atoms with E-state index in [1.54, 1.807) is 19.9 Å². The van der Waals surface area contributed by atoms with E-state index in [2.05, 4.69) is 9.97 Å². The number of nitrogens with zero attached hydrogens (tertiary/aromatic N) is 2. The van der Waals surface area contributed by atoms with Crippen molar-refractivity contribution in [1.29, 1.82) is 0 Å². The number of hydrogen-bond acceptors (Lipinski definition) is 4. The second-order valence-corrected chi connectivity index (χ2v) is 7.79. The SMILES string of the molecule is CCN(C(=O)c1cc2nc(N)c3c(c2[nH]1)CO[C@@H]3C)[C@H](C)c1ccc(C(F)(F)F)cc1F. The summed E-state index contributed by atoms with van der Waals surface area (Å²) in [6.45, 7) is 5.69. The summed E-state index contributed by atoms with van der Waals surface area (Å²) in [7, 11) is 0. The van der Waals surface area contributed by atoms with Crippen LogP contribution < -0.4 is 5.73 Å². The van der Waals surface area contributed by atoms with Gasteiger partial charge in [0.15, 0.2) is 0 Å². The summed E-state index contributed by atoms with van der Waals surface area (Å²) in [4.78, 5) is 22.1. The van der Waals surface area contributed by atoms with Crippen molar-refractivity contribution in [2.45, 2.75) is 45.7 Å². The number of nitrogen functional groups attached to an aromatic ring is 1. The first-order chi connectivity index (χ1) is 15.0. The quantitative estimate of drug-likeness (QED) is 0.541. The van der Waals surface area contributed by atoms with Crippen molar-refractivity contribution < 1.29 is 27.1 Å². The average molecular weight is 450 g/mol. The molecule has 1 aliphatic heterocycles. The molecule has 0 radical (unpaired) electrons. The van der Waals surface area contributed by atoms with Gasteiger partial charge in [0.25, 0.3) is 5.91 Å². The standard InChI is InChI=1S/C22H22F4N4O2/c1-4-30(10(2)13-6-5-12(7-15(13)23)22(24,25)26)21(31)17-8-16-19(28-17)14-9-32-11(3)18(14)20(27)29-16/h5-8,10-11,28H,4,9H2,1-3H3,(H2,27,29)/t10-,11-/m1/s1. The minimum absolute atomic E-state index is 0.00482. The molecule has 0 unspecified atom stereocenters. The van der Waals surface area contributed by atoms with Gasteiger partial charge in [-0.3, -0.25) is 4.79 Å². The number of ether oxygens (including phenoxy) is 1. The molecule has 10 heteroatoms. The van der Waals surface area contributed by atoms with E-state index in [0.717, 1.165) is 23.3 Å². The number of rotatable bonds is 4. The van der Waals surface area contributed by atoms with Crippen molar-refractivity contribution in [3.8, 4) is 0 Å². The minimum atomic E-state index is -4.65. The van der Waals surface area contributed by atoms with Crippen molar-refractivity contribution in [2.24, 2.45) is 0 Å². The van der Waals surface area contributed by atoms with Crippen LogP contribution in [-0.2, 0) is 17.5 Å². The predicted octanol–water partition coefficient (Wildman–Crippen LogP) is 5.12. The molecule has 0 fully saturated rings. The van der Waals surface area contributed by atoms with Crippen molar-refractivity contribution >= 4 is 22.8 Å². The van der Waals surface area contributed by atoms with Gasteiger partial charge in [0.1, 0.15) is 17.3 Å². The number of carbonyl (C=O) groups excluding carboxylic acids is 1. The maximum atomic E-state index is 14.5. The van der Waals surface area contributed by atoms with E-state index in [1.165, 1.54) is 4.90 Å². The number of alkyl halides is 3. The number of H-pyrrole nitrogens is 1. The van der Waals surface area contributed by atoms with Crippen LogP contribution in [-0.4, -0.2) is 27.3 Å². The van der Waals surface area contributed by atoms with Crippen LogP contribution in [0.1, 0.15) is 65.7 Å². The van der Waals surface area contributed by atoms with E-state index in [0.29, 0.717) is 29.5 Å². The number of aromatic nitrogens is 2. The Hall–Kier alpha value is -3.14. The molecule has 3 aromatic rings. The number of benzene rings is 1. The van der Waals surface area contributed by atoms with Gasteiger partial charge in [-0.15, -0.1) is 0 Å². The van der Waals surface area contributed by atoms with E-state index >= 15 is 0 Å². The van der Waals surface area contributed by atoms with Gasteiger partial charge in [-0.2, -0.15) is 13.2 Å². The number of nitrogens with two attached hydrogens (primary N) is 1. The lowest BCUT2D eigenvalue weighted by molar-refractivity contribution is -0.137. The molecule has 32 heavy (non-hydrogen) atoms. The summed E-state index contributed by atoms with van der Waals surface area (Å²) < 4.78 is 58.7. The molecule has 1 aliphatic rings. The zero-order valence-corrected chi connectivity index (χ0v) is 17.7. The molecule has 3 N–H and O–H groups in total. The molecule has 1 aromatic carbocycles. The summed E-state index contributed by atoms with van der Waals surface area (Å²) in [5.41, 5.74) is 7.97. The van der Waals surface area contributed by atoms with Gasteiger partial charge in [0, 0.05) is 23.2 Å². The number of aromatic amines is 1. The summed E-state index contributed by atoms with van der Waals surface area (Å²) in [6.07, 6.45) is -4.86. The maximum absolute atomic E-state index is 14.5. The molecule has 0 saturated carbocycles. The van der Waals surface area contributed by atoms with E-state index < -0.39 is 29.5 Å². The molecular weight excluding hydrogens is 428 g/mol. The highest BCUT2D eigenvalue weighted by Crippen LogP contribution is 2.38. The maximum Gasteiger partial charge on any atom is 0.416 e. The molecule has 2 atom stereocenters. The van der Waals surface area contributed by atoms with E-state index in [4.69, 9.17) is 10.5 Å². The van der Waals surface area contributed by atoms with Gasteiger partial charge in [0.2, 0.25) is 0 Å². The predicted molar refractivity (Wildman–Crippen MR) is 110 cm³/mol. The summed E-state index contributed by atoms with van der Waals surface area (Å²) in [6, 6.07) is 3.10. The Morgan fingerprint density at radius 2 is 2.09 bits per heavy atom. The highest BCUT2D eigenvalue weighted by molar-refractivity contribution is 5.98. The van der Waals surface area contributed by atoms with Gasteiger partial charge in [-0.05, 0) is 39.0 Å². The second-order valence-electron chi connectivity index (χ2n) is 7.79. The first-order valence-corrected chi connectivity index (χ1v) is 10.1. The van der Waals surface area contributed by atoms with Gasteiger partial charge < -0.3 is 20.4 Å². The highest BCUT2D eigenvalue weighted by atomic mass is 19.4. The van der Waals surface area contributed by atoms with Crippen molar-refractivity contribution in [1.82, 2.24) is 14.9 Å². The number of halogens is 4. The van der Waals surface area contributed by atoms with Crippen molar-refractivity contribution in [3.05, 3.63) is 58.0 Å². The van der Waals surface area contributed by atoms with Crippen LogP contribution >= 0.6 is 0 Å². The average Bonchev–Trinajstić information content (AvgIpc) is 3.31. The lowest BCUT2D eigenvalue weighted by atomic mass is 10.0. The van der Waals surface area contributed by atoms with Crippen LogP contribution in [0.15, 0.2) is 24.3 Å². The van der Waals surface area contributed by atoms with Crippen LogP contribution in [0.4, 0.5) is 23.4 Å². The normalized spacial score (nSPS) is 16.9. The summed E-state index contributed by atoms with van der Waals surface area (Å²) in [5, 5.41) is 0. The Morgan fingerprint density at radius 3 is 2.72 bits per heavy atom. The topological polar surface area (TPSA) is 84.2 Å². The minimum Gasteiger partial charge on any atom is -0.383 e. The van der Waals surface area contributed by atoms with Crippen molar-refractivity contribution in [3.63, 3.8) is 0 Å². The molecule has 0 spiro atoms. The Morgan fingerprint density at radius 1 is 1.38 bits per heavy atom. The molecule has 4 rings (SSSR count). The second kappa shape index (κ2) is 7.77. The number of nitrogens with one attached hydrogen (secondary N) is 1. The first kappa shape index (κ1) is 22.1. The zero-order chi connectivity index (χ0) is 23.4. The highest BCUT2D eigenvalue weighted by Gasteiger charge is 2.33. The van der Waals surface area contributed by atoms with Gasteiger partial charge in [0.05, 0.1) is 35.3 Å². The lowest BCUT2D eigenvalue weighted by Gasteiger charge is -2.28. The third-order valence-corrected chi connectivity index (χ3v) is 5.90. The van der Waals surface area contributed by atoms with E-state index in [9.17, 15) is 22.4 Å². The third kappa shape index (κ3) is 3.58. The fraction of sp³-hybridized carbons (Fsp3) is 0.364. The van der Waals surface area contributed by atoms with E-state index in [1.807, 2.05) is 6.92 Å². The van der Waals surface area contributed by atoms with Crippen LogP contribution in [0.5, 0.6) is 0 Å². The van der Waals surface area contributed by atoms with Crippen LogP contribution in [0.25, 0.3) is 11.0 Å². The monoisotopic (exact) mass is 450 g/mol. The van der Waals surface area contributed by atoms with Gasteiger partial charge >= 0.3 is 6.18 Å². The van der Waals surface area contributed by atoms with Crippen LogP contribution in [0.3, 0.4) is 0 Å². The molecule has 6 nitrogen and oxygen atoms in total. The zero-order valence-electron chi connectivity index (χ0n) is 17.7. The Bertz CT molecular complexity index is 1200. The largest absolute Gasteiger partial charge is 0.416 e. The smallest absolute Gasteiger partial charge is 0.383 e. The van der Waals surface area contributed by atoms with Gasteiger partial charge in [-0.1, -0.05) is 6.07 Å². The fourth-order valence-corrected chi connectivity index (χ4v) is 4.21. The molecule has 3 heterocycles. The first-order valence-electron chi connectivity index (χ1n) is 10.1. The molecule has 0 saturated heterocycles. The number of carbonyl (C=O) groups is 1. The Balaban J connectivity index is 1.68. The van der Waals surface area contributed by atoms with E-state index in [-0.39, 0.29) is 23.9 Å². The Kier molecular flexibility index (Phi) is 5.36. The number of hydrogen-bond donors (Lipinski definition) is 2. The number of amides is 1. The molecule has 0 bridgehead atoms. The van der Waals surface area contributed by atoms with Crippen LogP contribution in [0.2, 0.25) is 0 Å².